The lowest BCUT2D eigenvalue weighted by Crippen LogP contribution is -2.44. The number of esters is 1. The quantitative estimate of drug-likeness (QED) is 0.576. The van der Waals surface area contributed by atoms with E-state index in [1.54, 1.807) is 42.5 Å². The van der Waals surface area contributed by atoms with Crippen LogP contribution in [-0.4, -0.2) is 30.5 Å². The van der Waals surface area contributed by atoms with E-state index in [1.165, 1.54) is 6.92 Å². The Morgan fingerprint density at radius 1 is 0.931 bits per heavy atom. The molecule has 29 heavy (non-hydrogen) atoms. The second kappa shape index (κ2) is 9.73. The first-order valence-electron chi connectivity index (χ1n) is 9.25. The van der Waals surface area contributed by atoms with Gasteiger partial charge in [0.15, 0.2) is 12.7 Å². The van der Waals surface area contributed by atoms with Crippen LogP contribution in [0.25, 0.3) is 0 Å². The molecule has 0 aliphatic heterocycles. The van der Waals surface area contributed by atoms with E-state index in [0.29, 0.717) is 11.3 Å². The molecule has 2 rings (SSSR count). The van der Waals surface area contributed by atoms with Crippen molar-refractivity contribution < 1.29 is 23.9 Å². The molecule has 154 valence electrons. The second-order valence-corrected chi connectivity index (χ2v) is 7.51. The molecule has 0 aliphatic carbocycles. The maximum atomic E-state index is 12.0. The van der Waals surface area contributed by atoms with Crippen molar-refractivity contribution in [2.75, 3.05) is 6.61 Å². The largest absolute Gasteiger partial charge is 0.479 e. The fourth-order valence-electron chi connectivity index (χ4n) is 2.36. The van der Waals surface area contributed by atoms with Gasteiger partial charge >= 0.3 is 5.97 Å². The number of ether oxygens (including phenoxy) is 2. The molecule has 1 atom stereocenters. The van der Waals surface area contributed by atoms with Crippen molar-refractivity contribution in [1.82, 2.24) is 10.9 Å². The van der Waals surface area contributed by atoms with Crippen molar-refractivity contribution in [3.8, 4) is 5.75 Å². The number of carbonyl (C=O) groups is 3. The van der Waals surface area contributed by atoms with Gasteiger partial charge in [0.2, 0.25) is 0 Å². The third-order valence-electron chi connectivity index (χ3n) is 4.06. The zero-order valence-electron chi connectivity index (χ0n) is 17.0. The molecule has 0 saturated heterocycles. The van der Waals surface area contributed by atoms with Crippen LogP contribution in [0.2, 0.25) is 0 Å². The fourth-order valence-corrected chi connectivity index (χ4v) is 2.36. The summed E-state index contributed by atoms with van der Waals surface area (Å²) in [6, 6.07) is 15.9. The first-order chi connectivity index (χ1) is 13.7. The molecule has 2 N–H and O–H groups in total. The van der Waals surface area contributed by atoms with Crippen LogP contribution >= 0.6 is 0 Å². The highest BCUT2D eigenvalue weighted by Gasteiger charge is 2.19. The van der Waals surface area contributed by atoms with E-state index in [2.05, 4.69) is 31.6 Å². The fraction of sp³-hybridized carbons (Fsp3) is 0.318. The van der Waals surface area contributed by atoms with Crippen LogP contribution in [-0.2, 0) is 19.7 Å². The summed E-state index contributed by atoms with van der Waals surface area (Å²) in [6.45, 7) is 7.32. The van der Waals surface area contributed by atoms with Crippen molar-refractivity contribution in [2.24, 2.45) is 0 Å². The number of hydrazine groups is 1. The SMILES string of the molecule is C[C@H](Oc1ccc(C(C)(C)C)cc1)C(=O)OCC(=O)NNC(=O)c1ccccc1. The Morgan fingerprint density at radius 2 is 1.55 bits per heavy atom. The molecule has 0 spiro atoms. The molecule has 0 aliphatic rings. The van der Waals surface area contributed by atoms with E-state index in [1.807, 2.05) is 12.1 Å². The maximum Gasteiger partial charge on any atom is 0.347 e. The lowest BCUT2D eigenvalue weighted by atomic mass is 9.87. The first kappa shape index (κ1) is 21.9. The molecule has 0 radical (unpaired) electrons. The van der Waals surface area contributed by atoms with Gasteiger partial charge < -0.3 is 9.47 Å². The summed E-state index contributed by atoms with van der Waals surface area (Å²) in [5.41, 5.74) is 6.00. The molecule has 0 fully saturated rings. The Hall–Kier alpha value is -3.35. The number of benzene rings is 2. The summed E-state index contributed by atoms with van der Waals surface area (Å²) in [7, 11) is 0. The van der Waals surface area contributed by atoms with Gasteiger partial charge in [-0.2, -0.15) is 0 Å². The Kier molecular flexibility index (Phi) is 7.36. The minimum absolute atomic E-state index is 0.0202. The number of hydrogen-bond acceptors (Lipinski definition) is 5. The van der Waals surface area contributed by atoms with Crippen LogP contribution < -0.4 is 15.6 Å². The second-order valence-electron chi connectivity index (χ2n) is 7.51. The predicted molar refractivity (Wildman–Crippen MR) is 108 cm³/mol. The molecule has 2 aromatic carbocycles. The standard InChI is InChI=1S/C22H26N2O5/c1-15(29-18-12-10-17(11-13-18)22(2,3)4)21(27)28-14-19(25)23-24-20(26)16-8-6-5-7-9-16/h5-13,15H,14H2,1-4H3,(H,23,25)(H,24,26)/t15-/m0/s1. The van der Waals surface area contributed by atoms with Crippen molar-refractivity contribution in [2.45, 2.75) is 39.2 Å². The molecule has 2 aromatic rings. The topological polar surface area (TPSA) is 93.7 Å². The van der Waals surface area contributed by atoms with Gasteiger partial charge in [-0.1, -0.05) is 51.1 Å². The molecule has 0 bridgehead atoms. The number of rotatable bonds is 6. The summed E-state index contributed by atoms with van der Waals surface area (Å²) < 4.78 is 10.5. The Bertz CT molecular complexity index is 842. The monoisotopic (exact) mass is 398 g/mol. The average Bonchev–Trinajstić information content (AvgIpc) is 2.70. The maximum absolute atomic E-state index is 12.0. The van der Waals surface area contributed by atoms with Crippen LogP contribution in [0.1, 0.15) is 43.6 Å². The predicted octanol–water partition coefficient (Wildman–Crippen LogP) is 2.76. The molecule has 7 heteroatoms. The first-order valence-corrected chi connectivity index (χ1v) is 9.25. The van der Waals surface area contributed by atoms with Crippen molar-refractivity contribution >= 4 is 17.8 Å². The molecule has 0 heterocycles. The van der Waals surface area contributed by atoms with Gasteiger partial charge in [0.25, 0.3) is 11.8 Å². The zero-order chi connectivity index (χ0) is 21.4. The molecule has 2 amide bonds. The molecule has 0 unspecified atom stereocenters. The minimum Gasteiger partial charge on any atom is -0.479 e. The van der Waals surface area contributed by atoms with E-state index >= 15 is 0 Å². The van der Waals surface area contributed by atoms with Gasteiger partial charge in [-0.3, -0.25) is 20.4 Å². The third kappa shape index (κ3) is 6.95. The van der Waals surface area contributed by atoms with Gasteiger partial charge in [-0.25, -0.2) is 4.79 Å². The summed E-state index contributed by atoms with van der Waals surface area (Å²) in [5, 5.41) is 0. The van der Waals surface area contributed by atoms with E-state index in [4.69, 9.17) is 9.47 Å². The molecular weight excluding hydrogens is 372 g/mol. The lowest BCUT2D eigenvalue weighted by Gasteiger charge is -2.20. The van der Waals surface area contributed by atoms with E-state index in [0.717, 1.165) is 5.56 Å². The van der Waals surface area contributed by atoms with Crippen molar-refractivity contribution in [1.29, 1.82) is 0 Å². The highest BCUT2D eigenvalue weighted by molar-refractivity contribution is 5.95. The highest BCUT2D eigenvalue weighted by atomic mass is 16.6. The molecule has 7 nitrogen and oxygen atoms in total. The van der Waals surface area contributed by atoms with Crippen LogP contribution in [0.15, 0.2) is 54.6 Å². The van der Waals surface area contributed by atoms with Crippen molar-refractivity contribution in [3.63, 3.8) is 0 Å². The van der Waals surface area contributed by atoms with Crippen LogP contribution in [0.5, 0.6) is 5.75 Å². The van der Waals surface area contributed by atoms with Crippen LogP contribution in [0, 0.1) is 0 Å². The summed E-state index contributed by atoms with van der Waals surface area (Å²) in [5.74, 6) is -1.29. The third-order valence-corrected chi connectivity index (χ3v) is 4.06. The van der Waals surface area contributed by atoms with Crippen LogP contribution in [0.3, 0.4) is 0 Å². The Morgan fingerprint density at radius 3 is 2.14 bits per heavy atom. The molecule has 0 saturated carbocycles. The molecule has 0 aromatic heterocycles. The van der Waals surface area contributed by atoms with E-state index in [-0.39, 0.29) is 5.41 Å². The van der Waals surface area contributed by atoms with Crippen molar-refractivity contribution in [3.05, 3.63) is 65.7 Å². The Balaban J connectivity index is 1.75. The number of amides is 2. The normalized spacial score (nSPS) is 11.9. The Labute approximate surface area is 170 Å². The van der Waals surface area contributed by atoms with Gasteiger partial charge in [-0.15, -0.1) is 0 Å². The molecular formula is C22H26N2O5. The van der Waals surface area contributed by atoms with Gasteiger partial charge in [-0.05, 0) is 42.2 Å². The lowest BCUT2D eigenvalue weighted by molar-refractivity contribution is -0.154. The van der Waals surface area contributed by atoms with Gasteiger partial charge in [0, 0.05) is 5.56 Å². The minimum atomic E-state index is -0.887. The van der Waals surface area contributed by atoms with Gasteiger partial charge in [0.05, 0.1) is 0 Å². The number of nitrogens with one attached hydrogen (secondary N) is 2. The summed E-state index contributed by atoms with van der Waals surface area (Å²) in [6.07, 6.45) is -0.887. The van der Waals surface area contributed by atoms with E-state index in [9.17, 15) is 14.4 Å². The zero-order valence-corrected chi connectivity index (χ0v) is 17.0. The summed E-state index contributed by atoms with van der Waals surface area (Å²) >= 11 is 0. The number of hydrogen-bond donors (Lipinski definition) is 2. The van der Waals surface area contributed by atoms with E-state index < -0.39 is 30.5 Å². The highest BCUT2D eigenvalue weighted by Crippen LogP contribution is 2.24. The van der Waals surface area contributed by atoms with Gasteiger partial charge in [0.1, 0.15) is 5.75 Å². The average molecular weight is 398 g/mol. The summed E-state index contributed by atoms with van der Waals surface area (Å²) in [4.78, 5) is 35.6. The van der Waals surface area contributed by atoms with Crippen LogP contribution in [0.4, 0.5) is 0 Å². The smallest absolute Gasteiger partial charge is 0.347 e. The number of carbonyl (C=O) groups excluding carboxylic acids is 3.